The molecular weight excluding hydrogens is 336 g/mol. The second-order valence-corrected chi connectivity index (χ2v) is 6.95. The van der Waals surface area contributed by atoms with Gasteiger partial charge in [0.2, 0.25) is 5.95 Å². The van der Waals surface area contributed by atoms with Crippen molar-refractivity contribution in [3.63, 3.8) is 0 Å². The van der Waals surface area contributed by atoms with E-state index in [1.807, 2.05) is 55.0 Å². The minimum atomic E-state index is -0.360. The predicted molar refractivity (Wildman–Crippen MR) is 97.5 cm³/mol. The highest BCUT2D eigenvalue weighted by Gasteiger charge is 2.36. The van der Waals surface area contributed by atoms with Crippen LogP contribution in [0.4, 0.5) is 5.95 Å². The number of fused-ring (bicyclic) bond motifs is 3. The molecule has 1 aromatic carbocycles. The van der Waals surface area contributed by atoms with Gasteiger partial charge in [0.05, 0.1) is 33.9 Å². The van der Waals surface area contributed by atoms with Crippen molar-refractivity contribution in [1.29, 1.82) is 0 Å². The Kier molecular flexibility index (Phi) is 3.80. The van der Waals surface area contributed by atoms with Crippen molar-refractivity contribution in [2.75, 3.05) is 5.32 Å². The molecular formula is C18H18N4O2S. The van der Waals surface area contributed by atoms with Crippen LogP contribution in [-0.4, -0.2) is 26.6 Å². The summed E-state index contributed by atoms with van der Waals surface area (Å²) in [6, 6.07) is 7.52. The van der Waals surface area contributed by atoms with E-state index in [1.54, 1.807) is 5.51 Å². The Labute approximate surface area is 149 Å². The van der Waals surface area contributed by atoms with Gasteiger partial charge in [0, 0.05) is 11.1 Å². The molecule has 0 saturated heterocycles. The SMILES string of the molecule is CC1=C(C(=O)OC(C)C)C(c2cscn2)n2c(nc3ccccc32)N1. The smallest absolute Gasteiger partial charge is 0.338 e. The number of rotatable bonds is 3. The number of hydrogen-bond acceptors (Lipinski definition) is 6. The van der Waals surface area contributed by atoms with Crippen molar-refractivity contribution in [2.24, 2.45) is 0 Å². The number of aromatic nitrogens is 3. The molecule has 6 nitrogen and oxygen atoms in total. The summed E-state index contributed by atoms with van der Waals surface area (Å²) in [5.41, 5.74) is 5.71. The third-order valence-electron chi connectivity index (χ3n) is 4.12. The molecule has 1 aliphatic heterocycles. The second kappa shape index (κ2) is 6.00. The number of benzene rings is 1. The zero-order valence-corrected chi connectivity index (χ0v) is 15.0. The monoisotopic (exact) mass is 354 g/mol. The van der Waals surface area contributed by atoms with Gasteiger partial charge in [-0.05, 0) is 32.9 Å². The summed E-state index contributed by atoms with van der Waals surface area (Å²) in [6.07, 6.45) is -0.190. The van der Waals surface area contributed by atoms with E-state index in [0.717, 1.165) is 22.4 Å². The molecule has 1 unspecified atom stereocenters. The molecule has 3 aromatic rings. The highest BCUT2D eigenvalue weighted by molar-refractivity contribution is 7.07. The number of anilines is 1. The largest absolute Gasteiger partial charge is 0.459 e. The van der Waals surface area contributed by atoms with Crippen LogP contribution in [0.25, 0.3) is 11.0 Å². The van der Waals surface area contributed by atoms with Crippen LogP contribution in [0.5, 0.6) is 0 Å². The number of carbonyl (C=O) groups is 1. The van der Waals surface area contributed by atoms with Crippen molar-refractivity contribution in [3.05, 3.63) is 52.1 Å². The lowest BCUT2D eigenvalue weighted by Crippen LogP contribution is -2.30. The van der Waals surface area contributed by atoms with Crippen molar-refractivity contribution < 1.29 is 9.53 Å². The van der Waals surface area contributed by atoms with E-state index in [1.165, 1.54) is 11.3 Å². The molecule has 3 heterocycles. The predicted octanol–water partition coefficient (Wildman–Crippen LogP) is 3.73. The standard InChI is InChI=1S/C18H18N4O2S/c1-10(2)24-17(23)15-11(3)20-18-21-12-6-4-5-7-14(12)22(18)16(15)13-8-25-9-19-13/h4-10,16H,1-3H3,(H,20,21). The molecule has 0 aliphatic carbocycles. The average molecular weight is 354 g/mol. The molecule has 0 amide bonds. The summed E-state index contributed by atoms with van der Waals surface area (Å²) in [4.78, 5) is 21.9. The molecule has 0 fully saturated rings. The van der Waals surface area contributed by atoms with Crippen LogP contribution in [0, 0.1) is 0 Å². The van der Waals surface area contributed by atoms with Crippen molar-refractivity contribution in [3.8, 4) is 0 Å². The Bertz CT molecular complexity index is 972. The van der Waals surface area contributed by atoms with Gasteiger partial charge in [0.15, 0.2) is 0 Å². The number of esters is 1. The minimum Gasteiger partial charge on any atom is -0.459 e. The Morgan fingerprint density at radius 2 is 2.16 bits per heavy atom. The van der Waals surface area contributed by atoms with Gasteiger partial charge in [-0.15, -0.1) is 11.3 Å². The molecule has 0 saturated carbocycles. The summed E-state index contributed by atoms with van der Waals surface area (Å²) in [6.45, 7) is 5.57. The molecule has 0 bridgehead atoms. The van der Waals surface area contributed by atoms with E-state index in [9.17, 15) is 4.79 Å². The summed E-state index contributed by atoms with van der Waals surface area (Å²) >= 11 is 1.50. The Morgan fingerprint density at radius 1 is 1.36 bits per heavy atom. The van der Waals surface area contributed by atoms with Crippen molar-refractivity contribution >= 4 is 34.3 Å². The van der Waals surface area contributed by atoms with Crippen LogP contribution in [0.2, 0.25) is 0 Å². The number of thiazole rings is 1. The molecule has 2 aromatic heterocycles. The van der Waals surface area contributed by atoms with Crippen LogP contribution >= 0.6 is 11.3 Å². The fourth-order valence-corrected chi connectivity index (χ4v) is 3.72. The molecule has 1 N–H and O–H groups in total. The van der Waals surface area contributed by atoms with Gasteiger partial charge >= 0.3 is 5.97 Å². The van der Waals surface area contributed by atoms with E-state index >= 15 is 0 Å². The van der Waals surface area contributed by atoms with Crippen LogP contribution < -0.4 is 5.32 Å². The van der Waals surface area contributed by atoms with Gasteiger partial charge in [-0.25, -0.2) is 14.8 Å². The van der Waals surface area contributed by atoms with Gasteiger partial charge in [-0.1, -0.05) is 12.1 Å². The highest BCUT2D eigenvalue weighted by Crippen LogP contribution is 2.39. The molecule has 25 heavy (non-hydrogen) atoms. The lowest BCUT2D eigenvalue weighted by atomic mass is 10.00. The lowest BCUT2D eigenvalue weighted by Gasteiger charge is -2.29. The molecule has 7 heteroatoms. The number of ether oxygens (including phenoxy) is 1. The number of carbonyl (C=O) groups excluding carboxylic acids is 1. The summed E-state index contributed by atoms with van der Waals surface area (Å²) in [5.74, 6) is 0.374. The maximum absolute atomic E-state index is 12.8. The third-order valence-corrected chi connectivity index (χ3v) is 4.73. The normalized spacial score (nSPS) is 16.9. The van der Waals surface area contributed by atoms with Gasteiger partial charge in [0.1, 0.15) is 6.04 Å². The van der Waals surface area contributed by atoms with Crippen LogP contribution in [-0.2, 0) is 9.53 Å². The van der Waals surface area contributed by atoms with E-state index in [4.69, 9.17) is 4.74 Å². The minimum absolute atomic E-state index is 0.190. The van der Waals surface area contributed by atoms with Gasteiger partial charge in [-0.3, -0.25) is 4.57 Å². The number of imidazole rings is 1. The van der Waals surface area contributed by atoms with E-state index < -0.39 is 0 Å². The van der Waals surface area contributed by atoms with Gasteiger partial charge < -0.3 is 10.1 Å². The Balaban J connectivity index is 1.94. The number of allylic oxidation sites excluding steroid dienone is 1. The third kappa shape index (κ3) is 2.60. The second-order valence-electron chi connectivity index (χ2n) is 6.23. The fourth-order valence-electron chi connectivity index (χ4n) is 3.14. The Hall–Kier alpha value is -2.67. The van der Waals surface area contributed by atoms with Crippen LogP contribution in [0.3, 0.4) is 0 Å². The lowest BCUT2D eigenvalue weighted by molar-refractivity contribution is -0.143. The highest BCUT2D eigenvalue weighted by atomic mass is 32.1. The number of para-hydroxylation sites is 2. The van der Waals surface area contributed by atoms with E-state index in [0.29, 0.717) is 11.5 Å². The number of nitrogens with one attached hydrogen (secondary N) is 1. The zero-order chi connectivity index (χ0) is 17.6. The fraction of sp³-hybridized carbons (Fsp3) is 0.278. The van der Waals surface area contributed by atoms with E-state index in [-0.39, 0.29) is 18.1 Å². The van der Waals surface area contributed by atoms with Crippen molar-refractivity contribution in [1.82, 2.24) is 14.5 Å². The first kappa shape index (κ1) is 15.8. The molecule has 0 radical (unpaired) electrons. The summed E-state index contributed by atoms with van der Waals surface area (Å²) in [5, 5.41) is 5.21. The molecule has 4 rings (SSSR count). The van der Waals surface area contributed by atoms with Gasteiger partial charge in [-0.2, -0.15) is 0 Å². The van der Waals surface area contributed by atoms with Crippen LogP contribution in [0.15, 0.2) is 46.4 Å². The first-order valence-electron chi connectivity index (χ1n) is 8.10. The molecule has 1 aliphatic rings. The van der Waals surface area contributed by atoms with Crippen LogP contribution in [0.1, 0.15) is 32.5 Å². The summed E-state index contributed by atoms with van der Waals surface area (Å²) in [7, 11) is 0. The first-order valence-corrected chi connectivity index (χ1v) is 9.04. The van der Waals surface area contributed by atoms with E-state index in [2.05, 4.69) is 15.3 Å². The van der Waals surface area contributed by atoms with Crippen molar-refractivity contribution in [2.45, 2.75) is 32.9 Å². The topological polar surface area (TPSA) is 69.0 Å². The first-order chi connectivity index (χ1) is 12.1. The summed E-state index contributed by atoms with van der Waals surface area (Å²) < 4.78 is 7.52. The number of hydrogen-bond donors (Lipinski definition) is 1. The molecule has 1 atom stereocenters. The quantitative estimate of drug-likeness (QED) is 0.726. The zero-order valence-electron chi connectivity index (χ0n) is 14.2. The Morgan fingerprint density at radius 3 is 2.88 bits per heavy atom. The molecule has 128 valence electrons. The van der Waals surface area contributed by atoms with Gasteiger partial charge in [0.25, 0.3) is 0 Å². The molecule has 0 spiro atoms. The maximum atomic E-state index is 12.8. The number of nitrogens with zero attached hydrogens (tertiary/aromatic N) is 3. The maximum Gasteiger partial charge on any atom is 0.338 e. The average Bonchev–Trinajstić information content (AvgIpc) is 3.20.